The van der Waals surface area contributed by atoms with Crippen molar-refractivity contribution < 1.29 is 5.11 Å². The molecule has 0 saturated carbocycles. The second-order valence-corrected chi connectivity index (χ2v) is 5.81. The lowest BCUT2D eigenvalue weighted by Crippen LogP contribution is -1.92. The van der Waals surface area contributed by atoms with Crippen LogP contribution in [0.25, 0.3) is 21.8 Å². The van der Waals surface area contributed by atoms with E-state index in [1.165, 1.54) is 21.8 Å². The zero-order chi connectivity index (χ0) is 16.5. The summed E-state index contributed by atoms with van der Waals surface area (Å²) in [6.45, 7) is 3.12. The van der Waals surface area contributed by atoms with E-state index < -0.39 is 0 Å². The first-order valence-corrected chi connectivity index (χ1v) is 8.10. The molecule has 0 spiro atoms. The fraction of sp³-hybridized carbons (Fsp3) is 0.0952. The lowest BCUT2D eigenvalue weighted by molar-refractivity contribution is 0.475. The molecule has 3 heteroatoms. The number of phenols is 1. The monoisotopic (exact) mass is 314 g/mol. The van der Waals surface area contributed by atoms with Crippen molar-refractivity contribution in [2.75, 3.05) is 0 Å². The Balaban J connectivity index is 1.80. The number of benzene rings is 3. The summed E-state index contributed by atoms with van der Waals surface area (Å²) >= 11 is 0. The maximum atomic E-state index is 9.33. The highest BCUT2D eigenvalue weighted by Gasteiger charge is 2.08. The Morgan fingerprint density at radius 3 is 2.46 bits per heavy atom. The van der Waals surface area contributed by atoms with Crippen molar-refractivity contribution in [3.8, 4) is 5.75 Å². The number of aliphatic imine (C=N–C) groups is 1. The van der Waals surface area contributed by atoms with E-state index in [1.807, 2.05) is 6.21 Å². The molecule has 0 amide bonds. The molecule has 1 heterocycles. The van der Waals surface area contributed by atoms with Gasteiger partial charge in [0, 0.05) is 34.6 Å². The third-order valence-electron chi connectivity index (χ3n) is 4.33. The molecule has 0 aliphatic carbocycles. The number of hydrogen-bond donors (Lipinski definition) is 1. The van der Waals surface area contributed by atoms with Crippen LogP contribution in [-0.4, -0.2) is 15.9 Å². The van der Waals surface area contributed by atoms with Crippen LogP contribution in [0.15, 0.2) is 71.7 Å². The van der Waals surface area contributed by atoms with E-state index in [9.17, 15) is 5.11 Å². The highest BCUT2D eigenvalue weighted by Crippen LogP contribution is 2.29. The van der Waals surface area contributed by atoms with Crippen LogP contribution >= 0.6 is 0 Å². The standard InChI is InChI=1S/C21H18N2O/c1-2-23-20-6-4-3-5-18(20)19-13-15(7-12-21(19)23)14-22-16-8-10-17(24)11-9-16/h3-14,24H,2H2,1H3. The van der Waals surface area contributed by atoms with Crippen molar-refractivity contribution in [2.45, 2.75) is 13.5 Å². The molecule has 0 bridgehead atoms. The molecule has 0 fully saturated rings. The SMILES string of the molecule is CCn1c2ccccc2c2cc(C=Nc3ccc(O)cc3)ccc21. The van der Waals surface area contributed by atoms with E-state index in [-0.39, 0.29) is 5.75 Å². The molecule has 4 rings (SSSR count). The molecule has 4 aromatic rings. The average Bonchev–Trinajstić information content (AvgIpc) is 2.94. The van der Waals surface area contributed by atoms with Gasteiger partial charge in [0.1, 0.15) is 5.75 Å². The average molecular weight is 314 g/mol. The predicted molar refractivity (Wildman–Crippen MR) is 100 cm³/mol. The van der Waals surface area contributed by atoms with Crippen molar-refractivity contribution in [2.24, 2.45) is 4.99 Å². The lowest BCUT2D eigenvalue weighted by Gasteiger charge is -2.02. The number of aromatic nitrogens is 1. The second kappa shape index (κ2) is 5.85. The van der Waals surface area contributed by atoms with Gasteiger partial charge in [-0.15, -0.1) is 0 Å². The van der Waals surface area contributed by atoms with Crippen molar-refractivity contribution >= 4 is 33.7 Å². The molecule has 118 valence electrons. The van der Waals surface area contributed by atoms with Crippen LogP contribution in [0, 0.1) is 0 Å². The smallest absolute Gasteiger partial charge is 0.115 e. The van der Waals surface area contributed by atoms with Crippen molar-refractivity contribution in [3.05, 3.63) is 72.3 Å². The summed E-state index contributed by atoms with van der Waals surface area (Å²) in [5.74, 6) is 0.253. The number of para-hydroxylation sites is 1. The van der Waals surface area contributed by atoms with Gasteiger partial charge in [0.15, 0.2) is 0 Å². The summed E-state index contributed by atoms with van der Waals surface area (Å²) in [4.78, 5) is 4.49. The van der Waals surface area contributed by atoms with E-state index in [0.717, 1.165) is 17.8 Å². The van der Waals surface area contributed by atoms with E-state index in [2.05, 4.69) is 58.9 Å². The van der Waals surface area contributed by atoms with Gasteiger partial charge in [-0.1, -0.05) is 24.3 Å². The third-order valence-corrected chi connectivity index (χ3v) is 4.33. The van der Waals surface area contributed by atoms with Crippen LogP contribution in [0.5, 0.6) is 5.75 Å². The Morgan fingerprint density at radius 2 is 1.67 bits per heavy atom. The zero-order valence-corrected chi connectivity index (χ0v) is 13.5. The fourth-order valence-electron chi connectivity index (χ4n) is 3.18. The molecule has 1 aromatic heterocycles. The summed E-state index contributed by atoms with van der Waals surface area (Å²) in [6.07, 6.45) is 1.86. The topological polar surface area (TPSA) is 37.5 Å². The highest BCUT2D eigenvalue weighted by molar-refractivity contribution is 6.09. The van der Waals surface area contributed by atoms with Gasteiger partial charge in [0.05, 0.1) is 5.69 Å². The maximum absolute atomic E-state index is 9.33. The van der Waals surface area contributed by atoms with Crippen LogP contribution in [-0.2, 0) is 6.54 Å². The number of fused-ring (bicyclic) bond motifs is 3. The van der Waals surface area contributed by atoms with Gasteiger partial charge in [-0.25, -0.2) is 0 Å². The van der Waals surface area contributed by atoms with E-state index in [1.54, 1.807) is 24.3 Å². The first kappa shape index (κ1) is 14.5. The molecular formula is C21H18N2O. The van der Waals surface area contributed by atoms with Gasteiger partial charge in [0.25, 0.3) is 0 Å². The molecular weight excluding hydrogens is 296 g/mol. The van der Waals surface area contributed by atoms with Crippen molar-refractivity contribution in [1.29, 1.82) is 0 Å². The summed E-state index contributed by atoms with van der Waals surface area (Å²) in [7, 11) is 0. The van der Waals surface area contributed by atoms with Crippen LogP contribution in [0.3, 0.4) is 0 Å². The molecule has 0 atom stereocenters. The summed E-state index contributed by atoms with van der Waals surface area (Å²) in [5.41, 5.74) is 4.40. The molecule has 0 saturated heterocycles. The molecule has 3 aromatic carbocycles. The van der Waals surface area contributed by atoms with Crippen LogP contribution < -0.4 is 0 Å². The lowest BCUT2D eigenvalue weighted by atomic mass is 10.1. The largest absolute Gasteiger partial charge is 0.508 e. The molecule has 24 heavy (non-hydrogen) atoms. The predicted octanol–water partition coefficient (Wildman–Crippen LogP) is 5.27. The van der Waals surface area contributed by atoms with Crippen LogP contribution in [0.2, 0.25) is 0 Å². The van der Waals surface area contributed by atoms with Gasteiger partial charge in [0.2, 0.25) is 0 Å². The number of aromatic hydroxyl groups is 1. The zero-order valence-electron chi connectivity index (χ0n) is 13.5. The van der Waals surface area contributed by atoms with E-state index in [0.29, 0.717) is 0 Å². The first-order chi connectivity index (χ1) is 11.8. The van der Waals surface area contributed by atoms with Gasteiger partial charge in [-0.05, 0) is 55.0 Å². The molecule has 3 nitrogen and oxygen atoms in total. The third kappa shape index (κ3) is 2.44. The summed E-state index contributed by atoms with van der Waals surface area (Å²) in [5, 5.41) is 11.9. The minimum Gasteiger partial charge on any atom is -0.508 e. The van der Waals surface area contributed by atoms with Gasteiger partial charge in [-0.2, -0.15) is 0 Å². The number of phenolic OH excluding ortho intramolecular Hbond substituents is 1. The quantitative estimate of drug-likeness (QED) is 0.514. The van der Waals surface area contributed by atoms with E-state index in [4.69, 9.17) is 0 Å². The molecule has 1 N–H and O–H groups in total. The first-order valence-electron chi connectivity index (χ1n) is 8.10. The second-order valence-electron chi connectivity index (χ2n) is 5.81. The minimum atomic E-state index is 0.253. The minimum absolute atomic E-state index is 0.253. The normalized spacial score (nSPS) is 11.7. The fourth-order valence-corrected chi connectivity index (χ4v) is 3.18. The Kier molecular flexibility index (Phi) is 3.54. The van der Waals surface area contributed by atoms with Crippen molar-refractivity contribution in [1.82, 2.24) is 4.57 Å². The number of aryl methyl sites for hydroxylation is 1. The summed E-state index contributed by atoms with van der Waals surface area (Å²) < 4.78 is 2.34. The molecule has 0 unspecified atom stereocenters. The number of rotatable bonds is 3. The highest BCUT2D eigenvalue weighted by atomic mass is 16.3. The van der Waals surface area contributed by atoms with Crippen molar-refractivity contribution in [3.63, 3.8) is 0 Å². The number of nitrogens with zero attached hydrogens (tertiary/aromatic N) is 2. The van der Waals surface area contributed by atoms with Crippen LogP contribution in [0.4, 0.5) is 5.69 Å². The Labute approximate surface area is 140 Å². The van der Waals surface area contributed by atoms with E-state index >= 15 is 0 Å². The number of hydrogen-bond acceptors (Lipinski definition) is 2. The van der Waals surface area contributed by atoms with Gasteiger partial charge in [-0.3, -0.25) is 4.99 Å². The van der Waals surface area contributed by atoms with Crippen LogP contribution in [0.1, 0.15) is 12.5 Å². The maximum Gasteiger partial charge on any atom is 0.115 e. The van der Waals surface area contributed by atoms with Gasteiger partial charge < -0.3 is 9.67 Å². The molecule has 0 aliphatic heterocycles. The Hall–Kier alpha value is -3.07. The summed E-state index contributed by atoms with van der Waals surface area (Å²) in [6, 6.07) is 21.8. The molecule has 0 radical (unpaired) electrons. The van der Waals surface area contributed by atoms with Gasteiger partial charge >= 0.3 is 0 Å². The Morgan fingerprint density at radius 1 is 0.917 bits per heavy atom. The molecule has 0 aliphatic rings. The Bertz CT molecular complexity index is 1040.